The monoisotopic (exact) mass is 251 g/mol. The van der Waals surface area contributed by atoms with Crippen LogP contribution in [-0.2, 0) is 0 Å². The summed E-state index contributed by atoms with van der Waals surface area (Å²) in [6.07, 6.45) is 2.07. The predicted molar refractivity (Wildman–Crippen MR) is 70.5 cm³/mol. The highest BCUT2D eigenvalue weighted by atomic mass is 35.5. The van der Waals surface area contributed by atoms with Crippen molar-refractivity contribution >= 4 is 17.5 Å². The normalized spacial score (nSPS) is 23.0. The average Bonchev–Trinajstić information content (AvgIpc) is 2.26. The maximum atomic E-state index is 12.2. The Labute approximate surface area is 108 Å². The lowest BCUT2D eigenvalue weighted by molar-refractivity contribution is 0.0746. The molecule has 0 atom stereocenters. The topological polar surface area (TPSA) is 20.3 Å². The van der Waals surface area contributed by atoms with Crippen LogP contribution < -0.4 is 0 Å². The third-order valence-corrected chi connectivity index (χ3v) is 3.79. The van der Waals surface area contributed by atoms with Gasteiger partial charge in [-0.3, -0.25) is 4.79 Å². The van der Waals surface area contributed by atoms with Crippen molar-refractivity contribution in [3.63, 3.8) is 0 Å². The van der Waals surface area contributed by atoms with E-state index in [1.54, 1.807) is 0 Å². The van der Waals surface area contributed by atoms with Crippen molar-refractivity contribution in [2.75, 3.05) is 13.6 Å². The first kappa shape index (κ1) is 12.4. The molecule has 0 aromatic heterocycles. The van der Waals surface area contributed by atoms with Gasteiger partial charge < -0.3 is 4.90 Å². The molecule has 1 aliphatic rings. The first-order valence-electron chi connectivity index (χ1n) is 6.03. The zero-order valence-electron chi connectivity index (χ0n) is 10.3. The summed E-state index contributed by atoms with van der Waals surface area (Å²) in [6, 6.07) is 7.72. The number of amides is 1. The van der Waals surface area contributed by atoms with Crippen LogP contribution in [0, 0.1) is 12.8 Å². The first-order chi connectivity index (χ1) is 8.08. The highest BCUT2D eigenvalue weighted by Gasteiger charge is 2.29. The van der Waals surface area contributed by atoms with Gasteiger partial charge in [-0.1, -0.05) is 18.2 Å². The molecule has 2 nitrogen and oxygen atoms in total. The van der Waals surface area contributed by atoms with Gasteiger partial charge in [-0.05, 0) is 37.3 Å². The summed E-state index contributed by atoms with van der Waals surface area (Å²) in [4.78, 5) is 14.0. The number of rotatable bonds is 3. The summed E-state index contributed by atoms with van der Waals surface area (Å²) in [6.45, 7) is 2.79. The zero-order valence-corrected chi connectivity index (χ0v) is 11.1. The maximum Gasteiger partial charge on any atom is 0.253 e. The lowest BCUT2D eigenvalue weighted by Gasteiger charge is -2.34. The molecule has 0 spiro atoms. The van der Waals surface area contributed by atoms with E-state index in [4.69, 9.17) is 11.6 Å². The van der Waals surface area contributed by atoms with Crippen LogP contribution in [-0.4, -0.2) is 29.8 Å². The van der Waals surface area contributed by atoms with Crippen molar-refractivity contribution in [1.29, 1.82) is 0 Å². The van der Waals surface area contributed by atoms with E-state index in [2.05, 4.69) is 0 Å². The standard InChI is InChI=1S/C14H18ClNO/c1-10-5-3-4-6-13(10)14(17)16(2)9-11-7-12(15)8-11/h3-6,11-12H,7-9H2,1-2H3. The van der Waals surface area contributed by atoms with Crippen LogP contribution in [0.5, 0.6) is 0 Å². The fraction of sp³-hybridized carbons (Fsp3) is 0.500. The minimum atomic E-state index is 0.112. The number of hydrogen-bond acceptors (Lipinski definition) is 1. The molecule has 0 saturated heterocycles. The highest BCUT2D eigenvalue weighted by molar-refractivity contribution is 6.21. The lowest BCUT2D eigenvalue weighted by atomic mass is 9.84. The Kier molecular flexibility index (Phi) is 3.72. The second-order valence-corrected chi connectivity index (χ2v) is 5.55. The van der Waals surface area contributed by atoms with Gasteiger partial charge in [0.25, 0.3) is 5.91 Å². The molecule has 92 valence electrons. The van der Waals surface area contributed by atoms with Crippen LogP contribution in [0.1, 0.15) is 28.8 Å². The molecule has 2 rings (SSSR count). The van der Waals surface area contributed by atoms with E-state index < -0.39 is 0 Å². The molecule has 0 heterocycles. The third kappa shape index (κ3) is 2.81. The van der Waals surface area contributed by atoms with E-state index in [0.29, 0.717) is 11.3 Å². The van der Waals surface area contributed by atoms with Crippen molar-refractivity contribution in [1.82, 2.24) is 4.90 Å². The number of carbonyl (C=O) groups excluding carboxylic acids is 1. The van der Waals surface area contributed by atoms with E-state index in [0.717, 1.165) is 30.5 Å². The quantitative estimate of drug-likeness (QED) is 0.756. The molecular formula is C14H18ClNO. The Balaban J connectivity index is 1.97. The van der Waals surface area contributed by atoms with E-state index >= 15 is 0 Å². The summed E-state index contributed by atoms with van der Waals surface area (Å²) in [7, 11) is 1.87. The number of alkyl halides is 1. The number of benzene rings is 1. The van der Waals surface area contributed by atoms with Crippen LogP contribution in [0.15, 0.2) is 24.3 Å². The predicted octanol–water partition coefficient (Wildman–Crippen LogP) is 3.08. The van der Waals surface area contributed by atoms with Gasteiger partial charge in [0.15, 0.2) is 0 Å². The molecule has 1 amide bonds. The molecule has 1 aliphatic carbocycles. The largest absolute Gasteiger partial charge is 0.341 e. The zero-order chi connectivity index (χ0) is 12.4. The Bertz CT molecular complexity index is 412. The lowest BCUT2D eigenvalue weighted by Crippen LogP contribution is -2.38. The average molecular weight is 252 g/mol. The van der Waals surface area contributed by atoms with Gasteiger partial charge in [-0.2, -0.15) is 0 Å². The number of aryl methyl sites for hydroxylation is 1. The Morgan fingerprint density at radius 2 is 2.06 bits per heavy atom. The third-order valence-electron chi connectivity index (χ3n) is 3.43. The van der Waals surface area contributed by atoms with Gasteiger partial charge >= 0.3 is 0 Å². The molecule has 1 aromatic carbocycles. The maximum absolute atomic E-state index is 12.2. The molecule has 0 radical (unpaired) electrons. The Hall–Kier alpha value is -1.02. The van der Waals surface area contributed by atoms with Crippen LogP contribution >= 0.6 is 11.6 Å². The molecule has 0 unspecified atom stereocenters. The minimum absolute atomic E-state index is 0.112. The fourth-order valence-corrected chi connectivity index (χ4v) is 2.80. The van der Waals surface area contributed by atoms with Gasteiger partial charge in [0.05, 0.1) is 0 Å². The van der Waals surface area contributed by atoms with Gasteiger partial charge in [0, 0.05) is 24.5 Å². The molecule has 17 heavy (non-hydrogen) atoms. The number of halogens is 1. The molecule has 1 saturated carbocycles. The second kappa shape index (κ2) is 5.09. The van der Waals surface area contributed by atoms with Crippen molar-refractivity contribution < 1.29 is 4.79 Å². The van der Waals surface area contributed by atoms with Gasteiger partial charge in [-0.25, -0.2) is 0 Å². The van der Waals surface area contributed by atoms with Gasteiger partial charge in [0.1, 0.15) is 0 Å². The van der Waals surface area contributed by atoms with Crippen LogP contribution in [0.3, 0.4) is 0 Å². The van der Waals surface area contributed by atoms with Crippen LogP contribution in [0.2, 0.25) is 0 Å². The molecule has 1 fully saturated rings. The summed E-state index contributed by atoms with van der Waals surface area (Å²) in [5, 5.41) is 0.321. The van der Waals surface area contributed by atoms with Crippen molar-refractivity contribution in [3.05, 3.63) is 35.4 Å². The second-order valence-electron chi connectivity index (χ2n) is 4.94. The molecule has 0 bridgehead atoms. The Morgan fingerprint density at radius 1 is 1.41 bits per heavy atom. The summed E-state index contributed by atoms with van der Waals surface area (Å²) in [5.41, 5.74) is 1.84. The molecule has 0 N–H and O–H groups in total. The molecule has 3 heteroatoms. The number of nitrogens with zero attached hydrogens (tertiary/aromatic N) is 1. The fourth-order valence-electron chi connectivity index (χ4n) is 2.29. The smallest absolute Gasteiger partial charge is 0.253 e. The van der Waals surface area contributed by atoms with Gasteiger partial charge in [-0.15, -0.1) is 11.6 Å². The van der Waals surface area contributed by atoms with Crippen LogP contribution in [0.25, 0.3) is 0 Å². The molecular weight excluding hydrogens is 234 g/mol. The van der Waals surface area contributed by atoms with Crippen LogP contribution in [0.4, 0.5) is 0 Å². The number of hydrogen-bond donors (Lipinski definition) is 0. The Morgan fingerprint density at radius 3 is 2.65 bits per heavy atom. The van der Waals surface area contributed by atoms with E-state index in [1.165, 1.54) is 0 Å². The van der Waals surface area contributed by atoms with Gasteiger partial charge in [0.2, 0.25) is 0 Å². The first-order valence-corrected chi connectivity index (χ1v) is 6.46. The van der Waals surface area contributed by atoms with E-state index in [1.807, 2.05) is 43.1 Å². The van der Waals surface area contributed by atoms with E-state index in [-0.39, 0.29) is 5.91 Å². The summed E-state index contributed by atoms with van der Waals surface area (Å²) in [5.74, 6) is 0.691. The number of carbonyl (C=O) groups is 1. The highest BCUT2D eigenvalue weighted by Crippen LogP contribution is 2.32. The van der Waals surface area contributed by atoms with E-state index in [9.17, 15) is 4.79 Å². The van der Waals surface area contributed by atoms with Crippen molar-refractivity contribution in [3.8, 4) is 0 Å². The van der Waals surface area contributed by atoms with Crippen molar-refractivity contribution in [2.24, 2.45) is 5.92 Å². The molecule has 0 aliphatic heterocycles. The summed E-state index contributed by atoms with van der Waals surface area (Å²) < 4.78 is 0. The van der Waals surface area contributed by atoms with Crippen molar-refractivity contribution in [2.45, 2.75) is 25.1 Å². The minimum Gasteiger partial charge on any atom is -0.341 e. The SMILES string of the molecule is Cc1ccccc1C(=O)N(C)CC1CC(Cl)C1. The molecule has 1 aromatic rings. The summed E-state index contributed by atoms with van der Waals surface area (Å²) >= 11 is 5.95.